The van der Waals surface area contributed by atoms with Crippen molar-refractivity contribution in [3.05, 3.63) is 0 Å². The number of hydrogen-bond acceptors (Lipinski definition) is 4. The molecule has 1 N–H and O–H groups in total. The third-order valence-electron chi connectivity index (χ3n) is 0.737. The molecule has 0 radical (unpaired) electrons. The molecule has 10 heavy (non-hydrogen) atoms. The van der Waals surface area contributed by atoms with E-state index in [-0.39, 0.29) is 5.97 Å². The zero-order valence-corrected chi connectivity index (χ0v) is 6.35. The summed E-state index contributed by atoms with van der Waals surface area (Å²) in [6.07, 6.45) is 0. The summed E-state index contributed by atoms with van der Waals surface area (Å²) in [5, 5.41) is 0. The zero-order chi connectivity index (χ0) is 7.82. The maximum atomic E-state index is 10.2. The Morgan fingerprint density at radius 2 is 2.20 bits per heavy atom. The lowest BCUT2D eigenvalue weighted by molar-refractivity contribution is -0.143. The van der Waals surface area contributed by atoms with Crippen molar-refractivity contribution in [2.75, 3.05) is 19.8 Å². The van der Waals surface area contributed by atoms with Crippen LogP contribution < -0.4 is 5.48 Å². The van der Waals surface area contributed by atoms with E-state index in [9.17, 15) is 4.79 Å². The Morgan fingerprint density at radius 3 is 2.70 bits per heavy atom. The second-order valence-electron chi connectivity index (χ2n) is 1.69. The second kappa shape index (κ2) is 6.51. The van der Waals surface area contributed by atoms with Crippen molar-refractivity contribution < 1.29 is 14.4 Å². The van der Waals surface area contributed by atoms with E-state index in [1.165, 1.54) is 6.92 Å². The number of ether oxygens (including phenoxy) is 1. The van der Waals surface area contributed by atoms with Crippen molar-refractivity contribution in [2.24, 2.45) is 0 Å². The molecule has 0 aliphatic carbocycles. The van der Waals surface area contributed by atoms with E-state index in [2.05, 4.69) is 10.2 Å². The van der Waals surface area contributed by atoms with E-state index in [0.29, 0.717) is 13.2 Å². The highest BCUT2D eigenvalue weighted by atomic mass is 16.7. The molecular formula is C6H13NO3. The Balaban J connectivity index is 2.84. The maximum Gasteiger partial charge on any atom is 0.302 e. The largest absolute Gasteiger partial charge is 0.463 e. The summed E-state index contributed by atoms with van der Waals surface area (Å²) in [7, 11) is 0. The van der Waals surface area contributed by atoms with Gasteiger partial charge in [-0.2, -0.15) is 0 Å². The zero-order valence-electron chi connectivity index (χ0n) is 6.35. The molecule has 0 atom stereocenters. The minimum absolute atomic E-state index is 0.278. The Kier molecular flexibility index (Phi) is 6.11. The Hall–Kier alpha value is -0.610. The topological polar surface area (TPSA) is 47.6 Å². The molecule has 0 aliphatic rings. The smallest absolute Gasteiger partial charge is 0.302 e. The molecule has 0 saturated carbocycles. The van der Waals surface area contributed by atoms with E-state index in [0.717, 1.165) is 6.54 Å². The fourth-order valence-corrected chi connectivity index (χ4v) is 0.401. The molecule has 0 aromatic heterocycles. The molecule has 0 bridgehead atoms. The molecule has 0 amide bonds. The van der Waals surface area contributed by atoms with Gasteiger partial charge < -0.3 is 4.74 Å². The molecular weight excluding hydrogens is 134 g/mol. The Labute approximate surface area is 60.5 Å². The fourth-order valence-electron chi connectivity index (χ4n) is 0.401. The molecule has 0 rings (SSSR count). The van der Waals surface area contributed by atoms with Crippen molar-refractivity contribution in [1.29, 1.82) is 0 Å². The third kappa shape index (κ3) is 7.39. The highest BCUT2D eigenvalue weighted by Gasteiger charge is 1.90. The van der Waals surface area contributed by atoms with Crippen molar-refractivity contribution >= 4 is 5.97 Å². The van der Waals surface area contributed by atoms with Gasteiger partial charge in [-0.3, -0.25) is 9.63 Å². The first-order valence-electron chi connectivity index (χ1n) is 3.25. The predicted molar refractivity (Wildman–Crippen MR) is 36.3 cm³/mol. The SMILES string of the molecule is CCNOCCOC(C)=O. The van der Waals surface area contributed by atoms with Gasteiger partial charge in [0.25, 0.3) is 0 Å². The average molecular weight is 147 g/mol. The Morgan fingerprint density at radius 1 is 1.50 bits per heavy atom. The first kappa shape index (κ1) is 9.39. The van der Waals surface area contributed by atoms with Crippen LogP contribution in [0.3, 0.4) is 0 Å². The maximum absolute atomic E-state index is 10.2. The minimum atomic E-state index is -0.278. The number of carbonyl (C=O) groups excluding carboxylic acids is 1. The van der Waals surface area contributed by atoms with Crippen LogP contribution in [0.5, 0.6) is 0 Å². The van der Waals surface area contributed by atoms with Gasteiger partial charge in [0.2, 0.25) is 0 Å². The van der Waals surface area contributed by atoms with Crippen LogP contribution in [0.15, 0.2) is 0 Å². The van der Waals surface area contributed by atoms with Crippen LogP contribution in [0, 0.1) is 0 Å². The third-order valence-corrected chi connectivity index (χ3v) is 0.737. The number of rotatable bonds is 5. The summed E-state index contributed by atoms with van der Waals surface area (Å²) < 4.78 is 4.58. The van der Waals surface area contributed by atoms with Crippen LogP contribution in [0.1, 0.15) is 13.8 Å². The normalized spacial score (nSPS) is 9.40. The van der Waals surface area contributed by atoms with Gasteiger partial charge in [0.15, 0.2) is 0 Å². The molecule has 4 nitrogen and oxygen atoms in total. The van der Waals surface area contributed by atoms with Gasteiger partial charge in [-0.1, -0.05) is 6.92 Å². The summed E-state index contributed by atoms with van der Waals surface area (Å²) in [6, 6.07) is 0. The van der Waals surface area contributed by atoms with Crippen LogP contribution in [-0.2, 0) is 14.4 Å². The first-order valence-corrected chi connectivity index (χ1v) is 3.25. The molecule has 60 valence electrons. The second-order valence-corrected chi connectivity index (χ2v) is 1.69. The van der Waals surface area contributed by atoms with E-state index >= 15 is 0 Å². The van der Waals surface area contributed by atoms with Gasteiger partial charge >= 0.3 is 5.97 Å². The minimum Gasteiger partial charge on any atom is -0.463 e. The van der Waals surface area contributed by atoms with Crippen LogP contribution in [0.25, 0.3) is 0 Å². The summed E-state index contributed by atoms with van der Waals surface area (Å²) in [5.74, 6) is -0.278. The lowest BCUT2D eigenvalue weighted by Crippen LogP contribution is -2.17. The number of hydroxylamine groups is 1. The number of carbonyl (C=O) groups is 1. The van der Waals surface area contributed by atoms with Gasteiger partial charge in [0.1, 0.15) is 13.2 Å². The summed E-state index contributed by atoms with van der Waals surface area (Å²) in [5.41, 5.74) is 2.63. The first-order chi connectivity index (χ1) is 4.77. The standard InChI is InChI=1S/C6H13NO3/c1-3-7-10-5-4-9-6(2)8/h7H,3-5H2,1-2H3. The summed E-state index contributed by atoms with van der Waals surface area (Å²) >= 11 is 0. The highest BCUT2D eigenvalue weighted by Crippen LogP contribution is 1.75. The van der Waals surface area contributed by atoms with Crippen molar-refractivity contribution in [3.63, 3.8) is 0 Å². The lowest BCUT2D eigenvalue weighted by Gasteiger charge is -2.02. The molecule has 0 fully saturated rings. The molecule has 0 aliphatic heterocycles. The van der Waals surface area contributed by atoms with Gasteiger partial charge in [-0.25, -0.2) is 5.48 Å². The highest BCUT2D eigenvalue weighted by molar-refractivity contribution is 5.65. The predicted octanol–water partition coefficient (Wildman–Crippen LogP) is 0.0906. The lowest BCUT2D eigenvalue weighted by atomic mass is 10.7. The monoisotopic (exact) mass is 147 g/mol. The summed E-state index contributed by atoms with van der Waals surface area (Å²) in [6.45, 7) is 4.74. The average Bonchev–Trinajstić information content (AvgIpc) is 1.87. The fraction of sp³-hybridized carbons (Fsp3) is 0.833. The molecule has 0 aromatic carbocycles. The Bertz CT molecular complexity index is 95.0. The van der Waals surface area contributed by atoms with Gasteiger partial charge in [0, 0.05) is 13.5 Å². The van der Waals surface area contributed by atoms with E-state index in [1.807, 2.05) is 6.92 Å². The van der Waals surface area contributed by atoms with Crippen LogP contribution >= 0.6 is 0 Å². The van der Waals surface area contributed by atoms with Gasteiger partial charge in [0.05, 0.1) is 0 Å². The molecule has 0 aromatic rings. The van der Waals surface area contributed by atoms with Crippen molar-refractivity contribution in [3.8, 4) is 0 Å². The van der Waals surface area contributed by atoms with E-state index in [1.54, 1.807) is 0 Å². The van der Waals surface area contributed by atoms with E-state index < -0.39 is 0 Å². The van der Waals surface area contributed by atoms with Crippen LogP contribution in [0.4, 0.5) is 0 Å². The molecule has 4 heteroatoms. The quantitative estimate of drug-likeness (QED) is 0.340. The van der Waals surface area contributed by atoms with E-state index in [4.69, 9.17) is 4.84 Å². The number of esters is 1. The van der Waals surface area contributed by atoms with Gasteiger partial charge in [-0.15, -0.1) is 0 Å². The summed E-state index contributed by atoms with van der Waals surface area (Å²) in [4.78, 5) is 15.0. The molecule has 0 heterocycles. The molecule has 0 spiro atoms. The van der Waals surface area contributed by atoms with Crippen LogP contribution in [0.2, 0.25) is 0 Å². The molecule has 0 saturated heterocycles. The number of hydrogen-bond donors (Lipinski definition) is 1. The number of nitrogens with one attached hydrogen (secondary N) is 1. The van der Waals surface area contributed by atoms with Crippen LogP contribution in [-0.4, -0.2) is 25.7 Å². The van der Waals surface area contributed by atoms with Gasteiger partial charge in [-0.05, 0) is 0 Å². The van der Waals surface area contributed by atoms with Crippen molar-refractivity contribution in [2.45, 2.75) is 13.8 Å². The van der Waals surface area contributed by atoms with Crippen molar-refractivity contribution in [1.82, 2.24) is 5.48 Å². The molecule has 0 unspecified atom stereocenters.